The zero-order chi connectivity index (χ0) is 9.40. The van der Waals surface area contributed by atoms with Gasteiger partial charge in [0.15, 0.2) is 0 Å². The topological polar surface area (TPSA) is 46.5 Å². The third kappa shape index (κ3) is 7.54. The Kier molecular flexibility index (Phi) is 6.76. The summed E-state index contributed by atoms with van der Waals surface area (Å²) in [6.45, 7) is 4.16. The molecule has 1 N–H and O–H groups in total. The molecule has 0 saturated heterocycles. The van der Waals surface area contributed by atoms with Crippen molar-refractivity contribution in [3.63, 3.8) is 0 Å². The number of rotatable bonds is 6. The molecule has 0 aliphatic carbocycles. The highest BCUT2D eigenvalue weighted by molar-refractivity contribution is 5.69. The summed E-state index contributed by atoms with van der Waals surface area (Å²) in [5, 5.41) is 8.82. The summed E-state index contributed by atoms with van der Waals surface area (Å²) < 4.78 is 4.86. The van der Waals surface area contributed by atoms with Gasteiger partial charge >= 0.3 is 5.97 Å². The van der Waals surface area contributed by atoms with E-state index in [2.05, 4.69) is 6.92 Å². The molecule has 3 heteroatoms. The molecule has 0 aliphatic heterocycles. The summed E-state index contributed by atoms with van der Waals surface area (Å²) >= 11 is 0. The molecule has 3 nitrogen and oxygen atoms in total. The molecular weight excluding hydrogens is 156 g/mol. The Balaban J connectivity index is 3.20. The van der Waals surface area contributed by atoms with E-state index in [4.69, 9.17) is 9.84 Å². The van der Waals surface area contributed by atoms with Crippen LogP contribution in [0.2, 0.25) is 0 Å². The molecule has 0 unspecified atom stereocenters. The van der Waals surface area contributed by atoms with Crippen LogP contribution in [-0.2, 0) is 9.53 Å². The van der Waals surface area contributed by atoms with Gasteiger partial charge in [-0.2, -0.15) is 0 Å². The number of unbranched alkanes of at least 4 members (excludes halogenated alkanes) is 2. The maximum absolute atomic E-state index is 10.8. The summed E-state index contributed by atoms with van der Waals surface area (Å²) in [6, 6.07) is 0. The fourth-order valence-electron chi connectivity index (χ4n) is 0.838. The second-order valence-electron chi connectivity index (χ2n) is 2.98. The van der Waals surface area contributed by atoms with Gasteiger partial charge in [0.1, 0.15) is 0 Å². The Morgan fingerprint density at radius 2 is 2.17 bits per heavy atom. The Hall–Kier alpha value is -0.570. The minimum Gasteiger partial charge on any atom is -0.466 e. The number of ether oxygens (including phenoxy) is 1. The van der Waals surface area contributed by atoms with E-state index in [9.17, 15) is 4.79 Å². The van der Waals surface area contributed by atoms with Gasteiger partial charge in [0.05, 0.1) is 19.1 Å². The SMILES string of the molecule is CCCCCOC(=O)C[C@@H](C)O. The molecule has 1 atom stereocenters. The lowest BCUT2D eigenvalue weighted by atomic mass is 10.2. The molecule has 0 bridgehead atoms. The van der Waals surface area contributed by atoms with Crippen LogP contribution in [0.25, 0.3) is 0 Å². The molecule has 0 aliphatic rings. The van der Waals surface area contributed by atoms with E-state index < -0.39 is 6.10 Å². The summed E-state index contributed by atoms with van der Waals surface area (Å²) in [5.74, 6) is -0.305. The fourth-order valence-corrected chi connectivity index (χ4v) is 0.838. The molecule has 0 saturated carbocycles. The van der Waals surface area contributed by atoms with E-state index in [1.165, 1.54) is 0 Å². The van der Waals surface area contributed by atoms with Gasteiger partial charge in [0.25, 0.3) is 0 Å². The Bertz CT molecular complexity index is 121. The second-order valence-corrected chi connectivity index (χ2v) is 2.98. The van der Waals surface area contributed by atoms with Crippen LogP contribution in [0.15, 0.2) is 0 Å². The molecule has 0 aromatic heterocycles. The lowest BCUT2D eigenvalue weighted by Gasteiger charge is -2.05. The van der Waals surface area contributed by atoms with Gasteiger partial charge in [0, 0.05) is 0 Å². The van der Waals surface area contributed by atoms with Gasteiger partial charge in [-0.1, -0.05) is 19.8 Å². The van der Waals surface area contributed by atoms with Gasteiger partial charge < -0.3 is 9.84 Å². The van der Waals surface area contributed by atoms with Crippen molar-refractivity contribution in [1.82, 2.24) is 0 Å². The molecule has 0 rings (SSSR count). The monoisotopic (exact) mass is 174 g/mol. The van der Waals surface area contributed by atoms with Crippen LogP contribution >= 0.6 is 0 Å². The van der Waals surface area contributed by atoms with E-state index in [0.717, 1.165) is 19.3 Å². The molecular formula is C9H18O3. The van der Waals surface area contributed by atoms with E-state index >= 15 is 0 Å². The van der Waals surface area contributed by atoms with Gasteiger partial charge in [-0.3, -0.25) is 4.79 Å². The van der Waals surface area contributed by atoms with Crippen molar-refractivity contribution in [3.8, 4) is 0 Å². The first-order chi connectivity index (χ1) is 5.66. The smallest absolute Gasteiger partial charge is 0.308 e. The van der Waals surface area contributed by atoms with Crippen molar-refractivity contribution in [2.75, 3.05) is 6.61 Å². The molecule has 0 aromatic carbocycles. The maximum atomic E-state index is 10.8. The van der Waals surface area contributed by atoms with Crippen LogP contribution in [-0.4, -0.2) is 23.8 Å². The highest BCUT2D eigenvalue weighted by Gasteiger charge is 2.05. The summed E-state index contributed by atoms with van der Waals surface area (Å²) in [7, 11) is 0. The predicted molar refractivity (Wildman–Crippen MR) is 46.8 cm³/mol. The van der Waals surface area contributed by atoms with Crippen molar-refractivity contribution >= 4 is 5.97 Å². The standard InChI is InChI=1S/C9H18O3/c1-3-4-5-6-12-9(11)7-8(2)10/h8,10H,3-7H2,1-2H3/t8-/m1/s1. The lowest BCUT2D eigenvalue weighted by Crippen LogP contribution is -2.13. The van der Waals surface area contributed by atoms with Gasteiger partial charge in [-0.15, -0.1) is 0 Å². The molecule has 0 spiro atoms. The van der Waals surface area contributed by atoms with Gasteiger partial charge in [-0.05, 0) is 13.3 Å². The Morgan fingerprint density at radius 3 is 2.67 bits per heavy atom. The largest absolute Gasteiger partial charge is 0.466 e. The lowest BCUT2D eigenvalue weighted by molar-refractivity contribution is -0.145. The van der Waals surface area contributed by atoms with E-state index in [1.807, 2.05) is 0 Å². The zero-order valence-corrected chi connectivity index (χ0v) is 7.88. The number of hydrogen-bond donors (Lipinski definition) is 1. The molecule has 0 amide bonds. The molecule has 0 fully saturated rings. The summed E-state index contributed by atoms with van der Waals surface area (Å²) in [5.41, 5.74) is 0. The van der Waals surface area contributed by atoms with Crippen molar-refractivity contribution in [2.24, 2.45) is 0 Å². The zero-order valence-electron chi connectivity index (χ0n) is 7.88. The highest BCUT2D eigenvalue weighted by atomic mass is 16.5. The minimum absolute atomic E-state index is 0.103. The first-order valence-electron chi connectivity index (χ1n) is 4.50. The number of aliphatic hydroxyl groups excluding tert-OH is 1. The van der Waals surface area contributed by atoms with Gasteiger partial charge in [0.2, 0.25) is 0 Å². The van der Waals surface area contributed by atoms with Crippen LogP contribution in [0.1, 0.15) is 39.5 Å². The molecule has 0 radical (unpaired) electrons. The molecule has 0 aromatic rings. The van der Waals surface area contributed by atoms with E-state index in [-0.39, 0.29) is 12.4 Å². The number of aliphatic hydroxyl groups is 1. The van der Waals surface area contributed by atoms with Crippen molar-refractivity contribution in [1.29, 1.82) is 0 Å². The van der Waals surface area contributed by atoms with Crippen LogP contribution in [0, 0.1) is 0 Å². The van der Waals surface area contributed by atoms with Crippen molar-refractivity contribution in [3.05, 3.63) is 0 Å². The third-order valence-electron chi connectivity index (χ3n) is 1.47. The number of carbonyl (C=O) groups is 1. The van der Waals surface area contributed by atoms with Crippen molar-refractivity contribution in [2.45, 2.75) is 45.6 Å². The number of carbonyl (C=O) groups excluding carboxylic acids is 1. The van der Waals surface area contributed by atoms with Crippen molar-refractivity contribution < 1.29 is 14.6 Å². The fraction of sp³-hybridized carbons (Fsp3) is 0.889. The number of hydrogen-bond acceptors (Lipinski definition) is 3. The first-order valence-corrected chi connectivity index (χ1v) is 4.50. The quantitative estimate of drug-likeness (QED) is 0.490. The maximum Gasteiger partial charge on any atom is 0.308 e. The average molecular weight is 174 g/mol. The minimum atomic E-state index is -0.594. The summed E-state index contributed by atoms with van der Waals surface area (Å²) in [4.78, 5) is 10.8. The third-order valence-corrected chi connectivity index (χ3v) is 1.47. The van der Waals surface area contributed by atoms with E-state index in [0.29, 0.717) is 6.61 Å². The Labute approximate surface area is 73.7 Å². The molecule has 0 heterocycles. The van der Waals surface area contributed by atoms with Crippen LogP contribution in [0.4, 0.5) is 0 Å². The Morgan fingerprint density at radius 1 is 1.50 bits per heavy atom. The van der Waals surface area contributed by atoms with Crippen LogP contribution in [0.3, 0.4) is 0 Å². The first kappa shape index (κ1) is 11.4. The molecule has 12 heavy (non-hydrogen) atoms. The predicted octanol–water partition coefficient (Wildman–Crippen LogP) is 1.49. The highest BCUT2D eigenvalue weighted by Crippen LogP contribution is 1.97. The van der Waals surface area contributed by atoms with Crippen LogP contribution < -0.4 is 0 Å². The van der Waals surface area contributed by atoms with Gasteiger partial charge in [-0.25, -0.2) is 0 Å². The van der Waals surface area contributed by atoms with Crippen LogP contribution in [0.5, 0.6) is 0 Å². The number of esters is 1. The molecule has 72 valence electrons. The summed E-state index contributed by atoms with van der Waals surface area (Å²) in [6.07, 6.45) is 2.63. The van der Waals surface area contributed by atoms with E-state index in [1.54, 1.807) is 6.92 Å². The average Bonchev–Trinajstić information content (AvgIpc) is 1.97. The normalized spacial score (nSPS) is 12.6. The second kappa shape index (κ2) is 7.10.